The first-order valence-electron chi connectivity index (χ1n) is 8.04. The average molecular weight is 452 g/mol. The molecule has 27 heavy (non-hydrogen) atoms. The molecule has 0 unspecified atom stereocenters. The fourth-order valence-electron chi connectivity index (χ4n) is 2.40. The number of aromatic nitrogens is 2. The third-order valence-electron chi connectivity index (χ3n) is 3.77. The first-order valence-corrected chi connectivity index (χ1v) is 9.21. The normalized spacial score (nSPS) is 10.6. The molecule has 0 aliphatic heterocycles. The molecule has 0 saturated heterocycles. The van der Waals surface area contributed by atoms with E-state index in [0.29, 0.717) is 28.8 Å². The van der Waals surface area contributed by atoms with E-state index in [9.17, 15) is 9.59 Å². The van der Waals surface area contributed by atoms with E-state index in [1.807, 2.05) is 12.1 Å². The number of hydrogen-bond acceptors (Lipinski definition) is 4. The van der Waals surface area contributed by atoms with Crippen molar-refractivity contribution < 1.29 is 14.0 Å². The summed E-state index contributed by atoms with van der Waals surface area (Å²) >= 11 is 9.16. The Morgan fingerprint density at radius 2 is 2.00 bits per heavy atom. The topological polar surface area (TPSA) is 89.2 Å². The van der Waals surface area contributed by atoms with Gasteiger partial charge >= 0.3 is 0 Å². The zero-order valence-electron chi connectivity index (χ0n) is 14.3. The van der Waals surface area contributed by atoms with E-state index >= 15 is 0 Å². The maximum absolute atomic E-state index is 12.0. The Bertz CT molecular complexity index is 965. The van der Waals surface area contributed by atoms with Crippen LogP contribution in [0.25, 0.3) is 11.3 Å². The fraction of sp³-hybridized carbons (Fsp3) is 0.167. The van der Waals surface area contributed by atoms with Crippen molar-refractivity contribution in [3.63, 3.8) is 0 Å². The van der Waals surface area contributed by atoms with E-state index in [0.717, 1.165) is 10.0 Å². The molecule has 3 rings (SSSR count). The molecule has 0 fully saturated rings. The lowest BCUT2D eigenvalue weighted by atomic mass is 10.2. The number of hydrazine groups is 1. The second-order valence-electron chi connectivity index (χ2n) is 5.78. The van der Waals surface area contributed by atoms with Gasteiger partial charge in [-0.2, -0.15) is 0 Å². The number of halogens is 2. The van der Waals surface area contributed by atoms with Gasteiger partial charge in [-0.25, -0.2) is 4.98 Å². The van der Waals surface area contributed by atoms with Gasteiger partial charge in [-0.05, 0) is 46.3 Å². The third kappa shape index (κ3) is 4.99. The maximum Gasteiger partial charge on any atom is 0.286 e. The Labute approximate surface area is 168 Å². The number of nitrogens with zero attached hydrogens (tertiary/aromatic N) is 2. The Hall–Kier alpha value is -2.58. The summed E-state index contributed by atoms with van der Waals surface area (Å²) in [5.41, 5.74) is 6.03. The molecule has 0 saturated carbocycles. The van der Waals surface area contributed by atoms with Crippen molar-refractivity contribution >= 4 is 39.3 Å². The molecule has 0 aliphatic carbocycles. The van der Waals surface area contributed by atoms with Crippen LogP contribution >= 0.6 is 27.5 Å². The van der Waals surface area contributed by atoms with Gasteiger partial charge in [0.25, 0.3) is 5.91 Å². The summed E-state index contributed by atoms with van der Waals surface area (Å²) in [7, 11) is 1.74. The molecule has 140 valence electrons. The van der Waals surface area contributed by atoms with Crippen molar-refractivity contribution in [1.29, 1.82) is 0 Å². The largest absolute Gasteiger partial charge is 0.441 e. The number of rotatable bonds is 5. The van der Waals surface area contributed by atoms with E-state index in [-0.39, 0.29) is 12.3 Å². The zero-order valence-corrected chi connectivity index (χ0v) is 16.7. The van der Waals surface area contributed by atoms with Gasteiger partial charge in [0.05, 0.1) is 6.20 Å². The number of aryl methyl sites for hydroxylation is 2. The summed E-state index contributed by atoms with van der Waals surface area (Å²) in [5, 5.41) is 0.639. The van der Waals surface area contributed by atoms with Crippen molar-refractivity contribution in [1.82, 2.24) is 20.4 Å². The van der Waals surface area contributed by atoms with Gasteiger partial charge in [-0.3, -0.25) is 20.4 Å². The number of amides is 2. The lowest BCUT2D eigenvalue weighted by Crippen LogP contribution is -2.42. The quantitative estimate of drug-likeness (QED) is 0.581. The number of carbonyl (C=O) groups excluding carboxylic acids is 2. The van der Waals surface area contributed by atoms with Crippen molar-refractivity contribution in [3.05, 3.63) is 63.8 Å². The van der Waals surface area contributed by atoms with Crippen molar-refractivity contribution in [3.8, 4) is 11.3 Å². The predicted octanol–water partition coefficient (Wildman–Crippen LogP) is 3.49. The molecule has 0 spiro atoms. The zero-order chi connectivity index (χ0) is 19.4. The van der Waals surface area contributed by atoms with Crippen LogP contribution in [0.2, 0.25) is 5.02 Å². The van der Waals surface area contributed by atoms with E-state index < -0.39 is 5.91 Å². The smallest absolute Gasteiger partial charge is 0.286 e. The highest BCUT2D eigenvalue weighted by molar-refractivity contribution is 9.10. The highest BCUT2D eigenvalue weighted by Gasteiger charge is 2.13. The lowest BCUT2D eigenvalue weighted by molar-refractivity contribution is -0.121. The molecule has 0 radical (unpaired) electrons. The molecule has 7 nitrogen and oxygen atoms in total. The summed E-state index contributed by atoms with van der Waals surface area (Å²) in [5.74, 6) is 0.290. The van der Waals surface area contributed by atoms with Gasteiger partial charge in [0.1, 0.15) is 5.69 Å². The van der Waals surface area contributed by atoms with E-state index in [2.05, 4.69) is 31.8 Å². The average Bonchev–Trinajstić information content (AvgIpc) is 3.24. The Morgan fingerprint density at radius 1 is 1.26 bits per heavy atom. The van der Waals surface area contributed by atoms with Crippen LogP contribution in [-0.2, 0) is 18.3 Å². The second-order valence-corrected chi connectivity index (χ2v) is 7.13. The summed E-state index contributed by atoms with van der Waals surface area (Å²) in [6.45, 7) is 0. The predicted molar refractivity (Wildman–Crippen MR) is 104 cm³/mol. The number of oxazole rings is 1. The molecule has 0 bridgehead atoms. The summed E-state index contributed by atoms with van der Waals surface area (Å²) in [4.78, 5) is 28.1. The van der Waals surface area contributed by atoms with Crippen molar-refractivity contribution in [2.45, 2.75) is 12.8 Å². The third-order valence-corrected chi connectivity index (χ3v) is 4.45. The maximum atomic E-state index is 12.0. The van der Waals surface area contributed by atoms with Gasteiger partial charge in [0, 0.05) is 41.1 Å². The van der Waals surface area contributed by atoms with Gasteiger partial charge in [-0.15, -0.1) is 0 Å². The lowest BCUT2D eigenvalue weighted by Gasteiger charge is -2.07. The van der Waals surface area contributed by atoms with E-state index in [1.54, 1.807) is 42.2 Å². The molecule has 0 atom stereocenters. The van der Waals surface area contributed by atoms with Crippen LogP contribution in [0.4, 0.5) is 0 Å². The molecule has 3 aromatic rings. The minimum absolute atomic E-state index is 0.123. The van der Waals surface area contributed by atoms with Crippen LogP contribution in [0, 0.1) is 0 Å². The summed E-state index contributed by atoms with van der Waals surface area (Å²) in [6, 6.07) is 8.85. The number of nitrogens with one attached hydrogen (secondary N) is 2. The molecule has 2 N–H and O–H groups in total. The first-order chi connectivity index (χ1) is 12.9. The summed E-state index contributed by atoms with van der Waals surface area (Å²) in [6.07, 6.45) is 3.78. The number of carbonyl (C=O) groups is 2. The molecule has 0 aliphatic rings. The second kappa shape index (κ2) is 8.41. The van der Waals surface area contributed by atoms with Crippen LogP contribution in [0.15, 0.2) is 51.6 Å². The molecule has 2 amide bonds. The molecule has 9 heteroatoms. The molecule has 2 heterocycles. The SMILES string of the molecule is Cn1cc(Br)cc1C(=O)NNC(=O)CCc1ncc(-c2ccc(Cl)cc2)o1. The van der Waals surface area contributed by atoms with Crippen molar-refractivity contribution in [2.75, 3.05) is 0 Å². The minimum atomic E-state index is -0.405. The summed E-state index contributed by atoms with van der Waals surface area (Å²) < 4.78 is 8.07. The Kier molecular flexibility index (Phi) is 5.98. The Morgan fingerprint density at radius 3 is 2.67 bits per heavy atom. The highest BCUT2D eigenvalue weighted by atomic mass is 79.9. The molecule has 2 aromatic heterocycles. The van der Waals surface area contributed by atoms with Crippen LogP contribution in [0.3, 0.4) is 0 Å². The fourth-order valence-corrected chi connectivity index (χ4v) is 3.05. The monoisotopic (exact) mass is 450 g/mol. The Balaban J connectivity index is 1.49. The van der Waals surface area contributed by atoms with Gasteiger partial charge in [-0.1, -0.05) is 11.6 Å². The van der Waals surface area contributed by atoms with Gasteiger partial charge < -0.3 is 8.98 Å². The number of hydrogen-bond donors (Lipinski definition) is 2. The van der Waals surface area contributed by atoms with Crippen LogP contribution in [0.1, 0.15) is 22.8 Å². The van der Waals surface area contributed by atoms with Crippen LogP contribution in [-0.4, -0.2) is 21.4 Å². The van der Waals surface area contributed by atoms with E-state index in [1.165, 1.54) is 0 Å². The van der Waals surface area contributed by atoms with Crippen LogP contribution < -0.4 is 10.9 Å². The van der Waals surface area contributed by atoms with E-state index in [4.69, 9.17) is 16.0 Å². The molecule has 1 aromatic carbocycles. The standard InChI is InChI=1S/C18H16BrClN4O3/c1-24-10-12(19)8-14(24)18(26)23-22-16(25)6-7-17-21-9-15(27-17)11-2-4-13(20)5-3-11/h2-5,8-10H,6-7H2,1H3,(H,22,25)(H,23,26). The molecular weight excluding hydrogens is 436 g/mol. The van der Waals surface area contributed by atoms with Crippen molar-refractivity contribution in [2.24, 2.45) is 7.05 Å². The van der Waals surface area contributed by atoms with Gasteiger partial charge in [0.2, 0.25) is 5.91 Å². The first kappa shape index (κ1) is 19.2. The van der Waals surface area contributed by atoms with Gasteiger partial charge in [0.15, 0.2) is 11.7 Å². The molecular formula is C18H16BrClN4O3. The minimum Gasteiger partial charge on any atom is -0.441 e. The number of benzene rings is 1. The van der Waals surface area contributed by atoms with Crippen LogP contribution in [0.5, 0.6) is 0 Å². The highest BCUT2D eigenvalue weighted by Crippen LogP contribution is 2.22.